The zero-order chi connectivity index (χ0) is 23.4. The van der Waals surface area contributed by atoms with Crippen molar-refractivity contribution in [3.63, 3.8) is 0 Å². The van der Waals surface area contributed by atoms with Crippen molar-refractivity contribution in [2.75, 3.05) is 30.4 Å². The molecule has 1 aliphatic heterocycles. The molecule has 33 heavy (non-hydrogen) atoms. The van der Waals surface area contributed by atoms with Gasteiger partial charge in [-0.05, 0) is 61.4 Å². The SMILES string of the molecule is COc1ccc(NC(=O)c2ccc(Cl)cc2)cc1N1CCCN(Cc2cccc(C)c2)C1=O. The number of halogens is 1. The lowest BCUT2D eigenvalue weighted by Gasteiger charge is -2.36. The molecule has 1 fully saturated rings. The van der Waals surface area contributed by atoms with Gasteiger partial charge in [-0.15, -0.1) is 0 Å². The predicted molar refractivity (Wildman–Crippen MR) is 131 cm³/mol. The first-order valence-corrected chi connectivity index (χ1v) is 11.2. The summed E-state index contributed by atoms with van der Waals surface area (Å²) in [6, 6.07) is 20.1. The fraction of sp³-hybridized carbons (Fsp3) is 0.231. The Labute approximate surface area is 198 Å². The second-order valence-corrected chi connectivity index (χ2v) is 8.48. The maximum absolute atomic E-state index is 13.4. The number of hydrogen-bond donors (Lipinski definition) is 1. The molecule has 0 unspecified atom stereocenters. The summed E-state index contributed by atoms with van der Waals surface area (Å²) >= 11 is 5.91. The number of hydrogen-bond acceptors (Lipinski definition) is 3. The Bertz CT molecular complexity index is 1160. The minimum Gasteiger partial charge on any atom is -0.495 e. The molecule has 0 radical (unpaired) electrons. The molecule has 1 heterocycles. The summed E-state index contributed by atoms with van der Waals surface area (Å²) in [6.45, 7) is 3.86. The second kappa shape index (κ2) is 9.96. The van der Waals surface area contributed by atoms with Crippen molar-refractivity contribution < 1.29 is 14.3 Å². The zero-order valence-electron chi connectivity index (χ0n) is 18.7. The molecule has 4 rings (SSSR count). The van der Waals surface area contributed by atoms with E-state index in [0.717, 1.165) is 12.0 Å². The van der Waals surface area contributed by atoms with Crippen LogP contribution in [0.5, 0.6) is 5.75 Å². The Morgan fingerprint density at radius 2 is 1.85 bits per heavy atom. The van der Waals surface area contributed by atoms with E-state index in [4.69, 9.17) is 16.3 Å². The zero-order valence-corrected chi connectivity index (χ0v) is 19.4. The number of anilines is 2. The van der Waals surface area contributed by atoms with Gasteiger partial charge < -0.3 is 15.0 Å². The highest BCUT2D eigenvalue weighted by Gasteiger charge is 2.29. The van der Waals surface area contributed by atoms with Crippen LogP contribution in [-0.4, -0.2) is 37.0 Å². The van der Waals surface area contributed by atoms with Gasteiger partial charge in [0.25, 0.3) is 5.91 Å². The third-order valence-electron chi connectivity index (χ3n) is 5.60. The van der Waals surface area contributed by atoms with E-state index < -0.39 is 0 Å². The Morgan fingerprint density at radius 1 is 1.06 bits per heavy atom. The predicted octanol–water partition coefficient (Wildman–Crippen LogP) is 5.74. The van der Waals surface area contributed by atoms with Crippen LogP contribution >= 0.6 is 11.6 Å². The quantitative estimate of drug-likeness (QED) is 0.507. The number of nitrogens with zero attached hydrogens (tertiary/aromatic N) is 2. The van der Waals surface area contributed by atoms with Crippen LogP contribution in [0.2, 0.25) is 5.02 Å². The van der Waals surface area contributed by atoms with Crippen LogP contribution in [0.25, 0.3) is 0 Å². The molecule has 170 valence electrons. The van der Waals surface area contributed by atoms with E-state index in [0.29, 0.717) is 47.3 Å². The van der Waals surface area contributed by atoms with Crippen molar-refractivity contribution >= 4 is 34.9 Å². The molecular formula is C26H26ClN3O3. The normalized spacial score (nSPS) is 13.7. The van der Waals surface area contributed by atoms with Gasteiger partial charge in [-0.25, -0.2) is 4.79 Å². The van der Waals surface area contributed by atoms with E-state index in [2.05, 4.69) is 11.4 Å². The van der Waals surface area contributed by atoms with Crippen molar-refractivity contribution in [1.29, 1.82) is 0 Å². The maximum atomic E-state index is 13.4. The number of carbonyl (C=O) groups is 2. The molecule has 3 aromatic carbocycles. The van der Waals surface area contributed by atoms with Crippen molar-refractivity contribution in [1.82, 2.24) is 4.90 Å². The van der Waals surface area contributed by atoms with Gasteiger partial charge >= 0.3 is 6.03 Å². The molecule has 1 saturated heterocycles. The lowest BCUT2D eigenvalue weighted by atomic mass is 10.1. The summed E-state index contributed by atoms with van der Waals surface area (Å²) in [5.41, 5.74) is 3.97. The summed E-state index contributed by atoms with van der Waals surface area (Å²) in [7, 11) is 1.57. The van der Waals surface area contributed by atoms with Gasteiger partial charge in [0.15, 0.2) is 0 Å². The average Bonchev–Trinajstić information content (AvgIpc) is 2.81. The molecule has 1 aliphatic rings. The number of urea groups is 1. The molecule has 0 saturated carbocycles. The van der Waals surface area contributed by atoms with Gasteiger partial charge in [-0.1, -0.05) is 41.4 Å². The molecule has 0 spiro atoms. The lowest BCUT2D eigenvalue weighted by Crippen LogP contribution is -2.49. The van der Waals surface area contributed by atoms with Crippen LogP contribution in [-0.2, 0) is 6.54 Å². The Balaban J connectivity index is 1.55. The third-order valence-corrected chi connectivity index (χ3v) is 5.85. The smallest absolute Gasteiger partial charge is 0.324 e. The number of carbonyl (C=O) groups excluding carboxylic acids is 2. The molecule has 7 heteroatoms. The molecule has 0 aromatic heterocycles. The number of ether oxygens (including phenoxy) is 1. The molecular weight excluding hydrogens is 438 g/mol. The molecule has 3 aromatic rings. The third kappa shape index (κ3) is 5.29. The highest BCUT2D eigenvalue weighted by Crippen LogP contribution is 2.34. The summed E-state index contributed by atoms with van der Waals surface area (Å²) < 4.78 is 5.53. The minimum absolute atomic E-state index is 0.0813. The van der Waals surface area contributed by atoms with Crippen LogP contribution in [0.15, 0.2) is 66.7 Å². The maximum Gasteiger partial charge on any atom is 0.324 e. The molecule has 6 nitrogen and oxygen atoms in total. The van der Waals surface area contributed by atoms with E-state index >= 15 is 0 Å². The first kappa shape index (κ1) is 22.7. The topological polar surface area (TPSA) is 61.9 Å². The van der Waals surface area contributed by atoms with E-state index in [9.17, 15) is 9.59 Å². The summed E-state index contributed by atoms with van der Waals surface area (Å²) in [5.74, 6) is 0.319. The number of rotatable bonds is 6. The van der Waals surface area contributed by atoms with Gasteiger partial charge in [-0.2, -0.15) is 0 Å². The molecule has 3 amide bonds. The first-order chi connectivity index (χ1) is 15.9. The average molecular weight is 464 g/mol. The van der Waals surface area contributed by atoms with Crippen LogP contribution < -0.4 is 15.0 Å². The fourth-order valence-corrected chi connectivity index (χ4v) is 4.09. The summed E-state index contributed by atoms with van der Waals surface area (Å²) in [6.07, 6.45) is 0.835. The number of amides is 3. The second-order valence-electron chi connectivity index (χ2n) is 8.05. The molecule has 1 N–H and O–H groups in total. The van der Waals surface area contributed by atoms with E-state index in [1.54, 1.807) is 54.5 Å². The van der Waals surface area contributed by atoms with Crippen molar-refractivity contribution in [3.8, 4) is 5.75 Å². The van der Waals surface area contributed by atoms with E-state index in [-0.39, 0.29) is 11.9 Å². The van der Waals surface area contributed by atoms with E-state index in [1.807, 2.05) is 30.0 Å². The number of nitrogens with one attached hydrogen (secondary N) is 1. The number of aryl methyl sites for hydroxylation is 1. The Kier molecular flexibility index (Phi) is 6.84. The Morgan fingerprint density at radius 3 is 2.58 bits per heavy atom. The highest BCUT2D eigenvalue weighted by atomic mass is 35.5. The fourth-order valence-electron chi connectivity index (χ4n) is 3.97. The van der Waals surface area contributed by atoms with E-state index in [1.165, 1.54) is 5.56 Å². The number of benzene rings is 3. The van der Waals surface area contributed by atoms with Gasteiger partial charge in [0.2, 0.25) is 0 Å². The highest BCUT2D eigenvalue weighted by molar-refractivity contribution is 6.30. The van der Waals surface area contributed by atoms with Gasteiger partial charge in [0.05, 0.1) is 12.8 Å². The standard InChI is InChI=1S/C26H26ClN3O3/c1-18-5-3-6-19(15-18)17-29-13-4-14-30(26(29)32)23-16-22(11-12-24(23)33-2)28-25(31)20-7-9-21(27)10-8-20/h3,5-12,15-16H,4,13-14,17H2,1-2H3,(H,28,31). The van der Waals surface area contributed by atoms with Gasteiger partial charge in [-0.3, -0.25) is 9.69 Å². The van der Waals surface area contributed by atoms with Gasteiger partial charge in [0.1, 0.15) is 5.75 Å². The minimum atomic E-state index is -0.256. The van der Waals surface area contributed by atoms with Crippen molar-refractivity contribution in [3.05, 3.63) is 88.4 Å². The van der Waals surface area contributed by atoms with Crippen LogP contribution in [0.1, 0.15) is 27.9 Å². The van der Waals surface area contributed by atoms with Crippen LogP contribution in [0.4, 0.5) is 16.2 Å². The van der Waals surface area contributed by atoms with Gasteiger partial charge in [0, 0.05) is 35.9 Å². The monoisotopic (exact) mass is 463 g/mol. The Hall–Kier alpha value is -3.51. The molecule has 0 aliphatic carbocycles. The lowest BCUT2D eigenvalue weighted by molar-refractivity contribution is 0.102. The molecule has 0 bridgehead atoms. The molecule has 0 atom stereocenters. The van der Waals surface area contributed by atoms with Crippen molar-refractivity contribution in [2.24, 2.45) is 0 Å². The number of methoxy groups -OCH3 is 1. The summed E-state index contributed by atoms with van der Waals surface area (Å²) in [4.78, 5) is 29.6. The first-order valence-electron chi connectivity index (χ1n) is 10.8. The van der Waals surface area contributed by atoms with Crippen molar-refractivity contribution in [2.45, 2.75) is 19.9 Å². The van der Waals surface area contributed by atoms with Crippen LogP contribution in [0, 0.1) is 6.92 Å². The largest absolute Gasteiger partial charge is 0.495 e. The van der Waals surface area contributed by atoms with Crippen LogP contribution in [0.3, 0.4) is 0 Å². The summed E-state index contributed by atoms with van der Waals surface area (Å²) in [5, 5.41) is 3.46.